The molecular formula is C22H29N3O4. The highest BCUT2D eigenvalue weighted by atomic mass is 16.2. The minimum Gasteiger partial charge on any atom is -0.352 e. The molecule has 7 nitrogen and oxygen atoms in total. The second-order valence-electron chi connectivity index (χ2n) is 7.85. The molecule has 1 aromatic carbocycles. The Balaban J connectivity index is 1.46. The van der Waals surface area contributed by atoms with Crippen LogP contribution in [0.3, 0.4) is 0 Å². The number of hydrogen-bond donors (Lipinski definition) is 2. The number of hydrogen-bond acceptors (Lipinski definition) is 4. The lowest BCUT2D eigenvalue weighted by Crippen LogP contribution is -2.35. The molecule has 1 saturated heterocycles. The summed E-state index contributed by atoms with van der Waals surface area (Å²) in [4.78, 5) is 50.1. The van der Waals surface area contributed by atoms with E-state index in [9.17, 15) is 19.2 Å². The van der Waals surface area contributed by atoms with Crippen LogP contribution in [0.1, 0.15) is 57.4 Å². The van der Waals surface area contributed by atoms with E-state index in [1.807, 2.05) is 31.2 Å². The lowest BCUT2D eigenvalue weighted by Gasteiger charge is -2.19. The summed E-state index contributed by atoms with van der Waals surface area (Å²) in [7, 11) is 0. The van der Waals surface area contributed by atoms with Crippen molar-refractivity contribution >= 4 is 29.3 Å². The van der Waals surface area contributed by atoms with Gasteiger partial charge in [-0.15, -0.1) is 0 Å². The van der Waals surface area contributed by atoms with Crippen molar-refractivity contribution < 1.29 is 19.2 Å². The van der Waals surface area contributed by atoms with Crippen molar-refractivity contribution in [2.45, 2.75) is 58.4 Å². The Hall–Kier alpha value is -2.70. The summed E-state index contributed by atoms with van der Waals surface area (Å²) < 4.78 is 0. The van der Waals surface area contributed by atoms with Gasteiger partial charge in [0, 0.05) is 31.6 Å². The predicted octanol–water partition coefficient (Wildman–Crippen LogP) is 2.61. The Morgan fingerprint density at radius 2 is 1.72 bits per heavy atom. The number of anilines is 1. The summed E-state index contributed by atoms with van der Waals surface area (Å²) in [6.45, 7) is 2.41. The number of amides is 4. The minimum absolute atomic E-state index is 0.0331. The molecule has 2 fully saturated rings. The molecular weight excluding hydrogens is 370 g/mol. The Bertz CT molecular complexity index is 768. The molecule has 1 aliphatic carbocycles. The van der Waals surface area contributed by atoms with Gasteiger partial charge in [-0.1, -0.05) is 31.9 Å². The molecule has 1 aliphatic heterocycles. The molecule has 4 amide bonds. The van der Waals surface area contributed by atoms with Gasteiger partial charge in [-0.3, -0.25) is 24.1 Å². The normalized spacial score (nSPS) is 21.1. The van der Waals surface area contributed by atoms with Gasteiger partial charge in [0.1, 0.15) is 0 Å². The molecule has 0 aromatic heterocycles. The van der Waals surface area contributed by atoms with Gasteiger partial charge in [-0.25, -0.2) is 0 Å². The van der Waals surface area contributed by atoms with Crippen LogP contribution in [0.25, 0.3) is 0 Å². The zero-order valence-electron chi connectivity index (χ0n) is 16.9. The number of fused-ring (bicyclic) bond motifs is 1. The zero-order chi connectivity index (χ0) is 20.8. The first kappa shape index (κ1) is 21.0. The number of carbonyl (C=O) groups excluding carboxylic acids is 4. The minimum atomic E-state index is -0.208. The third-order valence-electron chi connectivity index (χ3n) is 5.67. The van der Waals surface area contributed by atoms with E-state index in [0.29, 0.717) is 18.7 Å². The average Bonchev–Trinajstić information content (AvgIpc) is 2.96. The number of benzene rings is 1. The Labute approximate surface area is 171 Å². The third-order valence-corrected chi connectivity index (χ3v) is 5.67. The summed E-state index contributed by atoms with van der Waals surface area (Å²) in [5.74, 6) is -0.809. The fourth-order valence-electron chi connectivity index (χ4n) is 4.16. The Morgan fingerprint density at radius 3 is 2.38 bits per heavy atom. The van der Waals surface area contributed by atoms with Crippen LogP contribution in [0.4, 0.5) is 5.69 Å². The number of nitrogens with zero attached hydrogens (tertiary/aromatic N) is 1. The van der Waals surface area contributed by atoms with Gasteiger partial charge >= 0.3 is 0 Å². The van der Waals surface area contributed by atoms with Crippen LogP contribution in [0.15, 0.2) is 24.3 Å². The molecule has 29 heavy (non-hydrogen) atoms. The molecule has 0 radical (unpaired) electrons. The SMILES string of the molecule is CCCC(=O)Nc1cccc(CNC(=O)CCN2C(=O)C3CCCCC3C2=O)c1. The molecule has 0 spiro atoms. The fraction of sp³-hybridized carbons (Fsp3) is 0.545. The van der Waals surface area contributed by atoms with E-state index in [1.54, 1.807) is 0 Å². The van der Waals surface area contributed by atoms with Gasteiger partial charge in [-0.05, 0) is 37.0 Å². The lowest BCUT2D eigenvalue weighted by molar-refractivity contribution is -0.140. The molecule has 2 aliphatic rings. The van der Waals surface area contributed by atoms with E-state index in [2.05, 4.69) is 10.6 Å². The van der Waals surface area contributed by atoms with Crippen LogP contribution in [0, 0.1) is 11.8 Å². The summed E-state index contributed by atoms with van der Waals surface area (Å²) in [6.07, 6.45) is 4.90. The maximum atomic E-state index is 12.5. The van der Waals surface area contributed by atoms with Crippen molar-refractivity contribution in [2.24, 2.45) is 11.8 Å². The van der Waals surface area contributed by atoms with Crippen LogP contribution in [0.2, 0.25) is 0 Å². The molecule has 2 atom stereocenters. The fourth-order valence-corrected chi connectivity index (χ4v) is 4.16. The number of carbonyl (C=O) groups is 4. The average molecular weight is 399 g/mol. The van der Waals surface area contributed by atoms with Crippen LogP contribution >= 0.6 is 0 Å². The van der Waals surface area contributed by atoms with Crippen molar-refractivity contribution in [2.75, 3.05) is 11.9 Å². The van der Waals surface area contributed by atoms with Crippen molar-refractivity contribution in [1.82, 2.24) is 10.2 Å². The smallest absolute Gasteiger partial charge is 0.233 e. The standard InChI is InChI=1S/C22H29N3O4/c1-2-6-20(27)24-16-8-5-7-15(13-16)14-23-19(26)11-12-25-21(28)17-9-3-4-10-18(17)22(25)29/h5,7-8,13,17-18H,2-4,6,9-12,14H2,1H3,(H,23,26)(H,24,27). The lowest BCUT2D eigenvalue weighted by atomic mass is 9.81. The van der Waals surface area contributed by atoms with Crippen LogP contribution in [0.5, 0.6) is 0 Å². The van der Waals surface area contributed by atoms with Crippen LogP contribution in [-0.2, 0) is 25.7 Å². The highest BCUT2D eigenvalue weighted by Gasteiger charge is 2.47. The van der Waals surface area contributed by atoms with E-state index >= 15 is 0 Å². The molecule has 2 unspecified atom stereocenters. The second-order valence-corrected chi connectivity index (χ2v) is 7.85. The van der Waals surface area contributed by atoms with Crippen molar-refractivity contribution in [1.29, 1.82) is 0 Å². The molecule has 1 heterocycles. The first-order valence-electron chi connectivity index (χ1n) is 10.5. The highest BCUT2D eigenvalue weighted by Crippen LogP contribution is 2.37. The Morgan fingerprint density at radius 1 is 1.03 bits per heavy atom. The van der Waals surface area contributed by atoms with Crippen molar-refractivity contribution in [3.63, 3.8) is 0 Å². The molecule has 2 N–H and O–H groups in total. The van der Waals surface area contributed by atoms with E-state index in [4.69, 9.17) is 0 Å². The molecule has 7 heteroatoms. The second kappa shape index (κ2) is 9.67. The van der Waals surface area contributed by atoms with Crippen LogP contribution in [-0.4, -0.2) is 35.1 Å². The van der Waals surface area contributed by atoms with Crippen molar-refractivity contribution in [3.8, 4) is 0 Å². The molecule has 0 bridgehead atoms. The topological polar surface area (TPSA) is 95.6 Å². The van der Waals surface area contributed by atoms with Gasteiger partial charge in [0.25, 0.3) is 0 Å². The summed E-state index contributed by atoms with van der Waals surface area (Å²) >= 11 is 0. The number of rotatable bonds is 8. The third kappa shape index (κ3) is 5.22. The molecule has 1 aromatic rings. The summed E-state index contributed by atoms with van der Waals surface area (Å²) in [6, 6.07) is 7.33. The van der Waals surface area contributed by atoms with Gasteiger partial charge in [0.05, 0.1) is 11.8 Å². The van der Waals surface area contributed by atoms with Crippen LogP contribution < -0.4 is 10.6 Å². The van der Waals surface area contributed by atoms with E-state index in [-0.39, 0.29) is 48.4 Å². The van der Waals surface area contributed by atoms with E-state index < -0.39 is 0 Å². The van der Waals surface area contributed by atoms with Crippen molar-refractivity contribution in [3.05, 3.63) is 29.8 Å². The Kier molecular flexibility index (Phi) is 7.01. The largest absolute Gasteiger partial charge is 0.352 e. The maximum Gasteiger partial charge on any atom is 0.233 e. The number of likely N-dealkylation sites (tertiary alicyclic amines) is 1. The van der Waals surface area contributed by atoms with Gasteiger partial charge < -0.3 is 10.6 Å². The first-order valence-corrected chi connectivity index (χ1v) is 10.5. The zero-order valence-corrected chi connectivity index (χ0v) is 16.9. The molecule has 156 valence electrons. The van der Waals surface area contributed by atoms with Gasteiger partial charge in [0.15, 0.2) is 0 Å². The predicted molar refractivity (Wildman–Crippen MR) is 109 cm³/mol. The van der Waals surface area contributed by atoms with E-state index in [0.717, 1.165) is 37.7 Å². The summed E-state index contributed by atoms with van der Waals surface area (Å²) in [5.41, 5.74) is 1.57. The highest BCUT2D eigenvalue weighted by molar-refractivity contribution is 6.05. The molecule has 3 rings (SSSR count). The number of imide groups is 1. The van der Waals surface area contributed by atoms with Gasteiger partial charge in [-0.2, -0.15) is 0 Å². The monoisotopic (exact) mass is 399 g/mol. The quantitative estimate of drug-likeness (QED) is 0.657. The number of nitrogens with one attached hydrogen (secondary N) is 2. The maximum absolute atomic E-state index is 12.5. The van der Waals surface area contributed by atoms with Gasteiger partial charge in [0.2, 0.25) is 23.6 Å². The summed E-state index contributed by atoms with van der Waals surface area (Å²) in [5, 5.41) is 5.65. The first-order chi connectivity index (χ1) is 14.0. The van der Waals surface area contributed by atoms with E-state index in [1.165, 1.54) is 4.90 Å². The molecule has 1 saturated carbocycles.